The number of allylic oxidation sites excluding steroid dienone is 1. The average Bonchev–Trinajstić information content (AvgIpc) is 3.85. The molecule has 3 heteroatoms. The van der Waals surface area contributed by atoms with Crippen molar-refractivity contribution in [3.8, 4) is 16.8 Å². The molecule has 0 saturated carbocycles. The predicted octanol–water partition coefficient (Wildman–Crippen LogP) is 14.9. The molecule has 276 valence electrons. The topological polar surface area (TPSA) is 31.0 Å². The Morgan fingerprint density at radius 3 is 2.14 bits per heavy atom. The lowest BCUT2D eigenvalue weighted by Gasteiger charge is -2.17. The zero-order valence-corrected chi connectivity index (χ0v) is 32.1. The van der Waals surface area contributed by atoms with Crippen LogP contribution in [0.1, 0.15) is 16.7 Å². The van der Waals surface area contributed by atoms with E-state index < -0.39 is 0 Å². The number of benzene rings is 9. The van der Waals surface area contributed by atoms with E-state index in [-0.39, 0.29) is 0 Å². The molecule has 0 saturated heterocycles. The summed E-state index contributed by atoms with van der Waals surface area (Å²) in [5, 5.41) is 12.1. The van der Waals surface area contributed by atoms with Crippen molar-refractivity contribution in [2.24, 2.45) is 0 Å². The van der Waals surface area contributed by atoms with Crippen LogP contribution in [0.4, 0.5) is 0 Å². The quantitative estimate of drug-likeness (QED) is 0.169. The maximum Gasteiger partial charge on any atom is 0.153 e. The first-order valence-electron chi connectivity index (χ1n) is 20.2. The zero-order valence-electron chi connectivity index (χ0n) is 32.1. The molecule has 3 nitrogen and oxygen atoms in total. The average molecular weight is 753 g/mol. The number of nitrogens with zero attached hydrogens (tertiary/aromatic N) is 2. The Labute approximate surface area is 340 Å². The largest absolute Gasteiger partial charge is 0.454 e. The van der Waals surface area contributed by atoms with Gasteiger partial charge in [0.2, 0.25) is 0 Å². The number of aromatic nitrogens is 2. The minimum atomic E-state index is 0.754. The van der Waals surface area contributed by atoms with Crippen molar-refractivity contribution in [1.82, 2.24) is 9.55 Å². The fourth-order valence-electron chi connectivity index (χ4n) is 9.46. The second-order valence-corrected chi connectivity index (χ2v) is 15.4. The normalized spacial score (nSPS) is 12.2. The predicted molar refractivity (Wildman–Crippen MR) is 247 cm³/mol. The van der Waals surface area contributed by atoms with E-state index in [1.54, 1.807) is 6.20 Å². The number of furan rings is 1. The summed E-state index contributed by atoms with van der Waals surface area (Å²) in [5.41, 5.74) is 12.5. The van der Waals surface area contributed by atoms with E-state index in [1.807, 2.05) is 12.3 Å². The highest BCUT2D eigenvalue weighted by molar-refractivity contribution is 6.22. The molecule has 0 fully saturated rings. The zero-order chi connectivity index (χ0) is 38.9. The van der Waals surface area contributed by atoms with Crippen LogP contribution in [0.2, 0.25) is 0 Å². The number of hydrogen-bond donors (Lipinski definition) is 0. The van der Waals surface area contributed by atoms with Gasteiger partial charge in [0.05, 0.1) is 22.9 Å². The van der Waals surface area contributed by atoms with Crippen LogP contribution in [0.15, 0.2) is 211 Å². The maximum absolute atomic E-state index is 6.26. The Morgan fingerprint density at radius 1 is 0.508 bits per heavy atom. The Bertz CT molecular complexity index is 3640. The molecule has 0 aliphatic rings. The number of para-hydroxylation sites is 1. The second kappa shape index (κ2) is 13.4. The van der Waals surface area contributed by atoms with Gasteiger partial charge in [0.1, 0.15) is 5.58 Å². The lowest BCUT2D eigenvalue weighted by molar-refractivity contribution is 0.667. The lowest BCUT2D eigenvalue weighted by atomic mass is 9.89. The summed E-state index contributed by atoms with van der Waals surface area (Å²) in [4.78, 5) is 4.34. The van der Waals surface area contributed by atoms with Gasteiger partial charge in [-0.15, -0.1) is 0 Å². The molecule has 0 atom stereocenters. The van der Waals surface area contributed by atoms with Gasteiger partial charge in [-0.2, -0.15) is 0 Å². The van der Waals surface area contributed by atoms with Crippen LogP contribution in [0.25, 0.3) is 98.4 Å². The van der Waals surface area contributed by atoms with E-state index >= 15 is 0 Å². The monoisotopic (exact) mass is 752 g/mol. The summed E-state index contributed by atoms with van der Waals surface area (Å²) in [7, 11) is 0. The fourth-order valence-corrected chi connectivity index (χ4v) is 9.46. The standard InChI is InChI=1S/C56H36N2O/c1-2-12-37(13-3-1)49-33-36(32-39-15-5-6-16-41(39)49)22-25-42(40-24-29-54-50(34-40)47-30-31-57-35-55(47)59-54)45-26-28-52(46-19-9-8-18-44(45)46)58-51-21-11-10-20-48(51)56-43-17-7-4-14-38(43)23-27-53(56)58/h1-21,23-35H,22H2/b42-25+. The van der Waals surface area contributed by atoms with Crippen LogP contribution < -0.4 is 0 Å². The van der Waals surface area contributed by atoms with Crippen LogP contribution in [0.3, 0.4) is 0 Å². The third kappa shape index (κ3) is 5.40. The molecule has 3 aromatic heterocycles. The first-order valence-corrected chi connectivity index (χ1v) is 20.2. The van der Waals surface area contributed by atoms with Crippen LogP contribution in [-0.4, -0.2) is 9.55 Å². The molecule has 59 heavy (non-hydrogen) atoms. The fraction of sp³-hybridized carbons (Fsp3) is 0.0179. The highest BCUT2D eigenvalue weighted by Crippen LogP contribution is 2.41. The highest BCUT2D eigenvalue weighted by Gasteiger charge is 2.19. The lowest BCUT2D eigenvalue weighted by Crippen LogP contribution is -1.98. The Kier molecular flexibility index (Phi) is 7.60. The molecule has 9 aromatic carbocycles. The molecule has 12 aromatic rings. The van der Waals surface area contributed by atoms with Gasteiger partial charge >= 0.3 is 0 Å². The highest BCUT2D eigenvalue weighted by atomic mass is 16.3. The van der Waals surface area contributed by atoms with Gasteiger partial charge in [-0.3, -0.25) is 4.98 Å². The molecule has 0 aliphatic carbocycles. The number of hydrogen-bond acceptors (Lipinski definition) is 2. The molecule has 0 bridgehead atoms. The Balaban J connectivity index is 1.09. The van der Waals surface area contributed by atoms with Gasteiger partial charge < -0.3 is 8.98 Å². The van der Waals surface area contributed by atoms with Crippen molar-refractivity contribution in [2.75, 3.05) is 0 Å². The van der Waals surface area contributed by atoms with Gasteiger partial charge in [-0.05, 0) is 103 Å². The summed E-state index contributed by atoms with van der Waals surface area (Å²) in [6.45, 7) is 0. The number of rotatable bonds is 6. The molecule has 3 heterocycles. The van der Waals surface area contributed by atoms with Crippen LogP contribution >= 0.6 is 0 Å². The molecule has 0 radical (unpaired) electrons. The Morgan fingerprint density at radius 2 is 1.25 bits per heavy atom. The smallest absolute Gasteiger partial charge is 0.153 e. The molecule has 0 spiro atoms. The maximum atomic E-state index is 6.26. The third-order valence-corrected chi connectivity index (χ3v) is 12.1. The molecule has 12 rings (SSSR count). The van der Waals surface area contributed by atoms with E-state index in [4.69, 9.17) is 4.42 Å². The van der Waals surface area contributed by atoms with Gasteiger partial charge in [-0.25, -0.2) is 0 Å². The molecular formula is C56H36N2O. The number of pyridine rings is 1. The minimum Gasteiger partial charge on any atom is -0.454 e. The van der Waals surface area contributed by atoms with Gasteiger partial charge in [0.15, 0.2) is 5.58 Å². The first-order chi connectivity index (χ1) is 29.3. The van der Waals surface area contributed by atoms with Crippen LogP contribution in [-0.2, 0) is 6.42 Å². The van der Waals surface area contributed by atoms with Crippen molar-refractivity contribution in [1.29, 1.82) is 0 Å². The summed E-state index contributed by atoms with van der Waals surface area (Å²) >= 11 is 0. The van der Waals surface area contributed by atoms with E-state index in [1.165, 1.54) is 82.0 Å². The van der Waals surface area contributed by atoms with Crippen molar-refractivity contribution >= 4 is 81.6 Å². The van der Waals surface area contributed by atoms with Gasteiger partial charge in [0, 0.05) is 33.1 Å². The minimum absolute atomic E-state index is 0.754. The third-order valence-electron chi connectivity index (χ3n) is 12.1. The molecule has 0 unspecified atom stereocenters. The van der Waals surface area contributed by atoms with E-state index in [0.717, 1.165) is 39.6 Å². The SMILES string of the molecule is C(/Cc1cc(-c2ccccc2)c2ccccc2c1)=C(/c1ccc2oc3cnccc3c2c1)c1ccc(-n2c3ccccc3c3c4ccccc4ccc32)c2ccccc12. The van der Waals surface area contributed by atoms with Crippen molar-refractivity contribution in [3.63, 3.8) is 0 Å². The van der Waals surface area contributed by atoms with Crippen LogP contribution in [0.5, 0.6) is 0 Å². The summed E-state index contributed by atoms with van der Waals surface area (Å²) in [6.07, 6.45) is 6.83. The van der Waals surface area contributed by atoms with Gasteiger partial charge in [0.25, 0.3) is 0 Å². The summed E-state index contributed by atoms with van der Waals surface area (Å²) in [6, 6.07) is 68.5. The second-order valence-electron chi connectivity index (χ2n) is 15.4. The van der Waals surface area contributed by atoms with E-state index in [0.29, 0.717) is 0 Å². The van der Waals surface area contributed by atoms with E-state index in [9.17, 15) is 0 Å². The van der Waals surface area contributed by atoms with Gasteiger partial charge in [-0.1, -0.05) is 158 Å². The first kappa shape index (κ1) is 33.4. The summed E-state index contributed by atoms with van der Waals surface area (Å²) in [5.74, 6) is 0. The molecule has 0 amide bonds. The summed E-state index contributed by atoms with van der Waals surface area (Å²) < 4.78 is 8.72. The van der Waals surface area contributed by atoms with Crippen molar-refractivity contribution in [3.05, 3.63) is 223 Å². The Hall–Kier alpha value is -7.75. The van der Waals surface area contributed by atoms with Crippen molar-refractivity contribution < 1.29 is 4.42 Å². The van der Waals surface area contributed by atoms with Crippen LogP contribution in [0, 0.1) is 0 Å². The molecule has 0 N–H and O–H groups in total. The molecule has 0 aliphatic heterocycles. The van der Waals surface area contributed by atoms with E-state index in [2.05, 4.69) is 198 Å². The number of fused-ring (bicyclic) bond motifs is 10. The van der Waals surface area contributed by atoms with Crippen molar-refractivity contribution in [2.45, 2.75) is 6.42 Å². The molecular weight excluding hydrogens is 717 g/mol.